The summed E-state index contributed by atoms with van der Waals surface area (Å²) < 4.78 is 0. The molecule has 0 aliphatic carbocycles. The van der Waals surface area contributed by atoms with Crippen molar-refractivity contribution in [2.24, 2.45) is 15.7 Å². The van der Waals surface area contributed by atoms with E-state index in [-0.39, 0.29) is 10.8 Å². The Bertz CT molecular complexity index is 230. The lowest BCUT2D eigenvalue weighted by Gasteiger charge is -1.81. The molecule has 2 N–H and O–H groups in total. The summed E-state index contributed by atoms with van der Waals surface area (Å²) in [5, 5.41) is 0.156. The highest BCUT2D eigenvalue weighted by Crippen LogP contribution is 1.91. The van der Waals surface area contributed by atoms with Crippen LogP contribution in [0.4, 0.5) is 0 Å². The van der Waals surface area contributed by atoms with Gasteiger partial charge in [0.25, 0.3) is 5.91 Å². The number of aliphatic imine (C=N–C) groups is 2. The molecule has 1 aliphatic heterocycles. The number of carbonyl (C=O) groups excluding carboxylic acids is 1. The Balaban J connectivity index is 2.88. The van der Waals surface area contributed by atoms with E-state index in [9.17, 15) is 4.79 Å². The van der Waals surface area contributed by atoms with Gasteiger partial charge in [0.05, 0.1) is 6.21 Å². The predicted molar refractivity (Wildman–Crippen MR) is 37.7 cm³/mol. The van der Waals surface area contributed by atoms with Crippen molar-refractivity contribution in [3.8, 4) is 0 Å². The molecule has 1 aliphatic rings. The monoisotopic (exact) mass is 141 g/mol. The molecule has 1 rings (SSSR count). The zero-order valence-corrected chi connectivity index (χ0v) is 5.18. The van der Waals surface area contributed by atoms with Crippen molar-refractivity contribution in [3.05, 3.63) is 0 Å². The molecule has 0 aromatic rings. The number of hydrogen-bond acceptors (Lipinski definition) is 2. The summed E-state index contributed by atoms with van der Waals surface area (Å²) >= 11 is 4.52. The highest BCUT2D eigenvalue weighted by molar-refractivity contribution is 7.80. The second-order valence-corrected chi connectivity index (χ2v) is 1.77. The number of amides is 1. The first-order valence-electron chi connectivity index (χ1n) is 2.16. The van der Waals surface area contributed by atoms with E-state index in [0.29, 0.717) is 0 Å². The van der Waals surface area contributed by atoms with Gasteiger partial charge in [-0.25, -0.2) is 9.98 Å². The predicted octanol–water partition coefficient (Wildman–Crippen LogP) is -0.718. The van der Waals surface area contributed by atoms with E-state index in [2.05, 4.69) is 22.2 Å². The van der Waals surface area contributed by atoms with E-state index < -0.39 is 5.91 Å². The maximum Gasteiger partial charge on any atom is 0.269 e. The zero-order chi connectivity index (χ0) is 6.85. The van der Waals surface area contributed by atoms with E-state index >= 15 is 0 Å². The van der Waals surface area contributed by atoms with Gasteiger partial charge in [0.1, 0.15) is 5.71 Å². The second-order valence-electron chi connectivity index (χ2n) is 1.40. The second kappa shape index (κ2) is 2.02. The Hall–Kier alpha value is -1.10. The first-order valence-corrected chi connectivity index (χ1v) is 2.57. The van der Waals surface area contributed by atoms with E-state index in [1.807, 2.05) is 0 Å². The Kier molecular flexibility index (Phi) is 1.35. The summed E-state index contributed by atoms with van der Waals surface area (Å²) in [7, 11) is 0. The number of carbonyl (C=O) groups is 1. The van der Waals surface area contributed by atoms with Crippen LogP contribution in [0.2, 0.25) is 0 Å². The molecule has 0 fully saturated rings. The fourth-order valence-corrected chi connectivity index (χ4v) is 0.547. The van der Waals surface area contributed by atoms with Crippen LogP contribution in [-0.2, 0) is 4.79 Å². The summed E-state index contributed by atoms with van der Waals surface area (Å²) in [5.74, 6) is -0.599. The molecule has 9 heavy (non-hydrogen) atoms. The van der Waals surface area contributed by atoms with E-state index in [0.717, 1.165) is 0 Å². The molecule has 0 aromatic heterocycles. The maximum atomic E-state index is 10.3. The molecule has 0 saturated heterocycles. The molecule has 4 nitrogen and oxygen atoms in total. The van der Waals surface area contributed by atoms with Crippen molar-refractivity contribution in [1.29, 1.82) is 0 Å². The van der Waals surface area contributed by atoms with Gasteiger partial charge < -0.3 is 5.73 Å². The van der Waals surface area contributed by atoms with Gasteiger partial charge in [-0.2, -0.15) is 0 Å². The van der Waals surface area contributed by atoms with Crippen molar-refractivity contribution in [2.75, 3.05) is 0 Å². The van der Waals surface area contributed by atoms with Gasteiger partial charge in [0.15, 0.2) is 0 Å². The third-order valence-corrected chi connectivity index (χ3v) is 0.963. The number of nitrogens with zero attached hydrogens (tertiary/aromatic N) is 2. The van der Waals surface area contributed by atoms with Crippen LogP contribution in [0.3, 0.4) is 0 Å². The van der Waals surface area contributed by atoms with Gasteiger partial charge in [-0.3, -0.25) is 4.79 Å². The lowest BCUT2D eigenvalue weighted by atomic mass is 10.4. The lowest BCUT2D eigenvalue weighted by Crippen LogP contribution is -2.22. The summed E-state index contributed by atoms with van der Waals surface area (Å²) in [6.45, 7) is 0. The lowest BCUT2D eigenvalue weighted by molar-refractivity contribution is -0.111. The van der Waals surface area contributed by atoms with Crippen LogP contribution in [0.25, 0.3) is 0 Å². The van der Waals surface area contributed by atoms with Crippen molar-refractivity contribution in [1.82, 2.24) is 0 Å². The summed E-state index contributed by atoms with van der Waals surface area (Å²) in [4.78, 5) is 17.4. The maximum absolute atomic E-state index is 10.3. The molecule has 0 saturated carbocycles. The summed E-state index contributed by atoms with van der Waals surface area (Å²) in [6.07, 6.45) is 1.25. The Labute approximate surface area is 56.5 Å². The van der Waals surface area contributed by atoms with Crippen LogP contribution < -0.4 is 5.73 Å². The van der Waals surface area contributed by atoms with Crippen molar-refractivity contribution >= 4 is 35.2 Å². The standard InChI is InChI=1S/C4H3N3OS/c5-3(8)2-1-6-4(9)7-2/h1H,(H2,5,8). The fourth-order valence-electron chi connectivity index (χ4n) is 0.396. The Morgan fingerprint density at radius 2 is 2.44 bits per heavy atom. The van der Waals surface area contributed by atoms with Gasteiger partial charge in [0.2, 0.25) is 5.11 Å². The minimum atomic E-state index is -0.599. The third kappa shape index (κ3) is 1.17. The molecule has 0 radical (unpaired) electrons. The van der Waals surface area contributed by atoms with Gasteiger partial charge in [-0.15, -0.1) is 0 Å². The molecule has 0 spiro atoms. The number of rotatable bonds is 1. The smallest absolute Gasteiger partial charge is 0.269 e. The molecule has 1 heterocycles. The molecule has 1 amide bonds. The van der Waals surface area contributed by atoms with E-state index in [4.69, 9.17) is 5.73 Å². The summed E-state index contributed by atoms with van der Waals surface area (Å²) in [6, 6.07) is 0. The van der Waals surface area contributed by atoms with Gasteiger partial charge in [-0.05, 0) is 12.2 Å². The van der Waals surface area contributed by atoms with Crippen molar-refractivity contribution in [3.63, 3.8) is 0 Å². The van der Waals surface area contributed by atoms with Crippen LogP contribution in [0.15, 0.2) is 9.98 Å². The molecule has 0 atom stereocenters. The molecule has 0 unspecified atom stereocenters. The van der Waals surface area contributed by atoms with Crippen LogP contribution in [0.1, 0.15) is 0 Å². The quantitative estimate of drug-likeness (QED) is 0.490. The third-order valence-electron chi connectivity index (χ3n) is 0.766. The number of hydrogen-bond donors (Lipinski definition) is 1. The molecular weight excluding hydrogens is 138 g/mol. The molecule has 46 valence electrons. The highest BCUT2D eigenvalue weighted by Gasteiger charge is 2.09. The SMILES string of the molecule is NC(=O)C1=NC(=S)N=C1. The van der Waals surface area contributed by atoms with Crippen molar-refractivity contribution in [2.45, 2.75) is 0 Å². The molecular formula is C4H3N3OS. The summed E-state index contributed by atoms with van der Waals surface area (Å²) in [5.41, 5.74) is 4.96. The number of thiocarbonyl (C=S) groups is 1. The average Bonchev–Trinajstić information content (AvgIpc) is 2.14. The molecule has 5 heteroatoms. The van der Waals surface area contributed by atoms with E-state index in [1.165, 1.54) is 6.21 Å². The Morgan fingerprint density at radius 1 is 1.78 bits per heavy atom. The van der Waals surface area contributed by atoms with Gasteiger partial charge in [-0.1, -0.05) is 0 Å². The average molecular weight is 141 g/mol. The molecule has 0 aromatic carbocycles. The highest BCUT2D eigenvalue weighted by atomic mass is 32.1. The Morgan fingerprint density at radius 3 is 2.67 bits per heavy atom. The van der Waals surface area contributed by atoms with Crippen LogP contribution >= 0.6 is 12.2 Å². The first-order chi connectivity index (χ1) is 4.20. The van der Waals surface area contributed by atoms with Gasteiger partial charge >= 0.3 is 0 Å². The largest absolute Gasteiger partial charge is 0.364 e. The van der Waals surface area contributed by atoms with Crippen LogP contribution in [0.5, 0.6) is 0 Å². The first kappa shape index (κ1) is 6.03. The minimum Gasteiger partial charge on any atom is -0.364 e. The zero-order valence-electron chi connectivity index (χ0n) is 4.37. The number of primary amides is 1. The van der Waals surface area contributed by atoms with Crippen LogP contribution in [-0.4, -0.2) is 22.9 Å². The fraction of sp³-hybridized carbons (Fsp3) is 0. The van der Waals surface area contributed by atoms with Gasteiger partial charge in [0, 0.05) is 0 Å². The number of nitrogens with two attached hydrogens (primary N) is 1. The normalized spacial score (nSPS) is 16.0. The van der Waals surface area contributed by atoms with E-state index in [1.54, 1.807) is 0 Å². The minimum absolute atomic E-state index is 0.125. The van der Waals surface area contributed by atoms with Crippen LogP contribution in [0, 0.1) is 0 Å². The molecule has 0 bridgehead atoms. The van der Waals surface area contributed by atoms with Crippen molar-refractivity contribution < 1.29 is 4.79 Å². The topological polar surface area (TPSA) is 67.8 Å².